The van der Waals surface area contributed by atoms with Gasteiger partial charge in [-0.2, -0.15) is 5.26 Å². The van der Waals surface area contributed by atoms with Gasteiger partial charge in [-0.25, -0.2) is 21.6 Å². The number of halogens is 3. The van der Waals surface area contributed by atoms with Crippen LogP contribution in [0.4, 0.5) is 13.2 Å². The van der Waals surface area contributed by atoms with Crippen molar-refractivity contribution in [1.82, 2.24) is 5.16 Å². The van der Waals surface area contributed by atoms with E-state index in [1.807, 2.05) is 6.07 Å². The lowest BCUT2D eigenvalue weighted by atomic mass is 9.97. The molecule has 2 aromatic carbocycles. The van der Waals surface area contributed by atoms with E-state index in [-0.39, 0.29) is 22.6 Å². The summed E-state index contributed by atoms with van der Waals surface area (Å²) >= 11 is 0. The molecule has 0 saturated carbocycles. The van der Waals surface area contributed by atoms with E-state index in [1.165, 1.54) is 6.07 Å². The van der Waals surface area contributed by atoms with Gasteiger partial charge < -0.3 is 4.52 Å². The molecule has 9 heteroatoms. The van der Waals surface area contributed by atoms with Crippen molar-refractivity contribution >= 4 is 9.84 Å². The Kier molecular flexibility index (Phi) is 5.00. The predicted molar refractivity (Wildman–Crippen MR) is 94.7 cm³/mol. The Morgan fingerprint density at radius 2 is 1.79 bits per heavy atom. The van der Waals surface area contributed by atoms with Gasteiger partial charge in [0, 0.05) is 11.8 Å². The number of rotatable bonds is 4. The van der Waals surface area contributed by atoms with Crippen LogP contribution in [-0.2, 0) is 16.5 Å². The molecule has 0 atom stereocenters. The first-order chi connectivity index (χ1) is 13.2. The molecular formula is C19H13F3N2O3S. The van der Waals surface area contributed by atoms with Crippen LogP contribution in [0.2, 0.25) is 0 Å². The maximum absolute atomic E-state index is 14.3. The van der Waals surface area contributed by atoms with Gasteiger partial charge in [0.25, 0.3) is 0 Å². The van der Waals surface area contributed by atoms with E-state index in [1.54, 1.807) is 19.1 Å². The Hall–Kier alpha value is -3.12. The normalized spacial score (nSPS) is 11.4. The summed E-state index contributed by atoms with van der Waals surface area (Å²) in [6.45, 7) is 0.629. The van der Waals surface area contributed by atoms with Crippen molar-refractivity contribution in [3.05, 3.63) is 58.9 Å². The van der Waals surface area contributed by atoms with Gasteiger partial charge in [-0.3, -0.25) is 0 Å². The van der Waals surface area contributed by atoms with Crippen molar-refractivity contribution in [1.29, 1.82) is 5.26 Å². The van der Waals surface area contributed by atoms with Gasteiger partial charge in [0.1, 0.15) is 22.2 Å². The van der Waals surface area contributed by atoms with E-state index in [9.17, 15) is 26.9 Å². The maximum atomic E-state index is 14.3. The zero-order valence-electron chi connectivity index (χ0n) is 14.8. The summed E-state index contributed by atoms with van der Waals surface area (Å²) < 4.78 is 70.2. The van der Waals surface area contributed by atoms with Crippen LogP contribution in [0.5, 0.6) is 0 Å². The van der Waals surface area contributed by atoms with Crippen LogP contribution in [0.25, 0.3) is 22.4 Å². The van der Waals surface area contributed by atoms with Crippen LogP contribution in [0.15, 0.2) is 39.8 Å². The molecule has 28 heavy (non-hydrogen) atoms. The summed E-state index contributed by atoms with van der Waals surface area (Å²) in [4.78, 5) is -1.07. The Labute approximate surface area is 158 Å². The minimum absolute atomic E-state index is 0.0203. The first-order valence-electron chi connectivity index (χ1n) is 7.92. The number of hydrogen-bond donors (Lipinski definition) is 0. The minimum Gasteiger partial charge on any atom is -0.357 e. The summed E-state index contributed by atoms with van der Waals surface area (Å²) in [5.41, 5.74) is 1.36. The second-order valence-electron chi connectivity index (χ2n) is 6.15. The van der Waals surface area contributed by atoms with Crippen molar-refractivity contribution in [3.8, 4) is 28.5 Å². The SMILES string of the molecule is Cc1ccc(-c2noc(CF)c2-c2cc(F)c(S(C)(=O)=O)c(F)c2)cc1C#N. The Morgan fingerprint density at radius 3 is 2.32 bits per heavy atom. The Balaban J connectivity index is 2.27. The molecule has 0 fully saturated rings. The minimum atomic E-state index is -4.14. The molecule has 0 aliphatic carbocycles. The van der Waals surface area contributed by atoms with Crippen molar-refractivity contribution in [2.45, 2.75) is 18.5 Å². The molecule has 0 aliphatic heterocycles. The van der Waals surface area contributed by atoms with Crippen LogP contribution in [0.1, 0.15) is 16.9 Å². The first-order valence-corrected chi connectivity index (χ1v) is 9.81. The van der Waals surface area contributed by atoms with Crippen molar-refractivity contribution in [2.75, 3.05) is 6.26 Å². The van der Waals surface area contributed by atoms with E-state index >= 15 is 0 Å². The standard InChI is InChI=1S/C19H13F3N2O3S/c1-10-3-4-11(5-13(10)9-23)18-17(16(8-20)27-24-18)12-6-14(21)19(15(22)7-12)28(2,25)26/h3-7H,8H2,1-2H3. The monoisotopic (exact) mass is 406 g/mol. The highest BCUT2D eigenvalue weighted by Gasteiger charge is 2.25. The van der Waals surface area contributed by atoms with Gasteiger partial charge in [-0.1, -0.05) is 17.3 Å². The molecule has 0 saturated heterocycles. The first kappa shape index (κ1) is 19.6. The highest BCUT2D eigenvalue weighted by molar-refractivity contribution is 7.90. The molecule has 0 amide bonds. The van der Waals surface area contributed by atoms with E-state index < -0.39 is 33.0 Å². The van der Waals surface area contributed by atoms with Gasteiger partial charge in [0.05, 0.1) is 17.2 Å². The topological polar surface area (TPSA) is 84.0 Å². The predicted octanol–water partition coefficient (Wildman–Crippen LogP) is 4.34. The van der Waals surface area contributed by atoms with Crippen LogP contribution in [0.3, 0.4) is 0 Å². The van der Waals surface area contributed by atoms with E-state index in [0.717, 1.165) is 12.1 Å². The summed E-state index contributed by atoms with van der Waals surface area (Å²) in [6.07, 6.45) is 0.682. The molecule has 3 rings (SSSR count). The zero-order valence-corrected chi connectivity index (χ0v) is 15.6. The Bertz CT molecular complexity index is 1200. The average molecular weight is 406 g/mol. The summed E-state index contributed by atoms with van der Waals surface area (Å²) in [6, 6.07) is 8.33. The third-order valence-electron chi connectivity index (χ3n) is 4.17. The number of aromatic nitrogens is 1. The van der Waals surface area contributed by atoms with Gasteiger partial charge in [-0.15, -0.1) is 0 Å². The lowest BCUT2D eigenvalue weighted by molar-refractivity contribution is 0.332. The highest BCUT2D eigenvalue weighted by Crippen LogP contribution is 2.37. The molecular weight excluding hydrogens is 393 g/mol. The van der Waals surface area contributed by atoms with Crippen LogP contribution in [0, 0.1) is 29.9 Å². The fourth-order valence-corrected chi connectivity index (χ4v) is 3.68. The number of benzene rings is 2. The quantitative estimate of drug-likeness (QED) is 0.644. The summed E-state index contributed by atoms with van der Waals surface area (Å²) in [5, 5.41) is 13.0. The van der Waals surface area contributed by atoms with Gasteiger partial charge in [-0.05, 0) is 36.2 Å². The fraction of sp³-hybridized carbons (Fsp3) is 0.158. The molecule has 5 nitrogen and oxygen atoms in total. The molecule has 144 valence electrons. The van der Waals surface area contributed by atoms with Gasteiger partial charge >= 0.3 is 0 Å². The molecule has 0 unspecified atom stereocenters. The lowest BCUT2D eigenvalue weighted by Gasteiger charge is -2.08. The number of sulfone groups is 1. The average Bonchev–Trinajstić information content (AvgIpc) is 3.04. The van der Waals surface area contributed by atoms with E-state index in [2.05, 4.69) is 5.16 Å². The largest absolute Gasteiger partial charge is 0.357 e. The molecule has 0 aliphatic rings. The number of nitrogens with zero attached hydrogens (tertiary/aromatic N) is 2. The van der Waals surface area contributed by atoms with Crippen molar-refractivity contribution in [3.63, 3.8) is 0 Å². The van der Waals surface area contributed by atoms with Crippen LogP contribution < -0.4 is 0 Å². The number of aryl methyl sites for hydroxylation is 1. The highest BCUT2D eigenvalue weighted by atomic mass is 32.2. The molecule has 3 aromatic rings. The maximum Gasteiger partial charge on any atom is 0.181 e. The molecule has 0 spiro atoms. The fourth-order valence-electron chi connectivity index (χ4n) is 2.86. The van der Waals surface area contributed by atoms with Gasteiger partial charge in [0.2, 0.25) is 0 Å². The smallest absolute Gasteiger partial charge is 0.181 e. The molecule has 1 aromatic heterocycles. The molecule has 0 bridgehead atoms. The number of nitriles is 1. The summed E-state index contributed by atoms with van der Waals surface area (Å²) in [7, 11) is -4.14. The van der Waals surface area contributed by atoms with Crippen molar-refractivity contribution in [2.24, 2.45) is 0 Å². The van der Waals surface area contributed by atoms with E-state index in [4.69, 9.17) is 4.52 Å². The lowest BCUT2D eigenvalue weighted by Crippen LogP contribution is -2.05. The van der Waals surface area contributed by atoms with E-state index in [0.29, 0.717) is 22.9 Å². The molecule has 1 heterocycles. The van der Waals surface area contributed by atoms with Crippen LogP contribution >= 0.6 is 0 Å². The third kappa shape index (κ3) is 3.39. The molecule has 0 radical (unpaired) electrons. The number of alkyl halides is 1. The van der Waals surface area contributed by atoms with Crippen molar-refractivity contribution < 1.29 is 26.1 Å². The second kappa shape index (κ2) is 7.13. The second-order valence-corrected chi connectivity index (χ2v) is 8.10. The van der Waals surface area contributed by atoms with Crippen LogP contribution in [-0.4, -0.2) is 19.8 Å². The summed E-state index contributed by atoms with van der Waals surface area (Å²) in [5.74, 6) is -2.90. The molecule has 0 N–H and O–H groups in total. The zero-order chi connectivity index (χ0) is 20.6. The Morgan fingerprint density at radius 1 is 1.14 bits per heavy atom. The number of hydrogen-bond acceptors (Lipinski definition) is 5. The van der Waals surface area contributed by atoms with Gasteiger partial charge in [0.15, 0.2) is 22.3 Å². The third-order valence-corrected chi connectivity index (χ3v) is 5.30.